The van der Waals surface area contributed by atoms with Crippen LogP contribution in [0.3, 0.4) is 0 Å². The summed E-state index contributed by atoms with van der Waals surface area (Å²) in [5, 5.41) is 3.57. The molecule has 0 radical (unpaired) electrons. The lowest BCUT2D eigenvalue weighted by molar-refractivity contribution is 0.274. The van der Waals surface area contributed by atoms with E-state index in [1.54, 1.807) is 0 Å². The van der Waals surface area contributed by atoms with E-state index in [9.17, 15) is 0 Å². The van der Waals surface area contributed by atoms with E-state index in [2.05, 4.69) is 71.9 Å². The summed E-state index contributed by atoms with van der Waals surface area (Å²) in [7, 11) is 2.19. The number of rotatable bonds is 3. The molecule has 0 saturated carbocycles. The smallest absolute Gasteiger partial charge is 0.133 e. The first-order valence-corrected chi connectivity index (χ1v) is 8.40. The van der Waals surface area contributed by atoms with Crippen LogP contribution in [0.15, 0.2) is 16.7 Å². The van der Waals surface area contributed by atoms with Gasteiger partial charge in [-0.15, -0.1) is 0 Å². The average Bonchev–Trinajstić information content (AvgIpc) is 2.36. The molecular formula is C16H27BrN4. The van der Waals surface area contributed by atoms with Crippen molar-refractivity contribution in [2.75, 3.05) is 31.6 Å². The van der Waals surface area contributed by atoms with E-state index < -0.39 is 0 Å². The third-order valence-electron chi connectivity index (χ3n) is 3.82. The van der Waals surface area contributed by atoms with E-state index in [0.29, 0.717) is 6.04 Å². The Bertz CT molecular complexity index is 484. The monoisotopic (exact) mass is 354 g/mol. The van der Waals surface area contributed by atoms with Crippen LogP contribution in [-0.2, 0) is 6.54 Å². The largest absolute Gasteiger partial charge is 0.351 e. The minimum Gasteiger partial charge on any atom is -0.351 e. The summed E-state index contributed by atoms with van der Waals surface area (Å²) in [5.41, 5.74) is 1.36. The second-order valence-corrected chi connectivity index (χ2v) is 7.96. The molecule has 21 heavy (non-hydrogen) atoms. The maximum absolute atomic E-state index is 4.70. The molecule has 0 aliphatic carbocycles. The van der Waals surface area contributed by atoms with Crippen molar-refractivity contribution >= 4 is 21.7 Å². The number of anilines is 1. The predicted octanol–water partition coefficient (Wildman–Crippen LogP) is 2.87. The summed E-state index contributed by atoms with van der Waals surface area (Å²) in [5.74, 6) is 1.12. The standard InChI is InChI=1S/C16H27BrN4/c1-12-11-20(5)6-7-21(12)15-13(8-14(17)10-18-15)9-19-16(2,3)4/h8,10,12,19H,6-7,9,11H2,1-5H3. The molecule has 118 valence electrons. The molecule has 1 aromatic rings. The molecule has 1 N–H and O–H groups in total. The molecular weight excluding hydrogens is 328 g/mol. The second kappa shape index (κ2) is 6.63. The van der Waals surface area contributed by atoms with Gasteiger partial charge in [0.05, 0.1) is 0 Å². The van der Waals surface area contributed by atoms with Crippen LogP contribution in [0.1, 0.15) is 33.3 Å². The highest BCUT2D eigenvalue weighted by molar-refractivity contribution is 9.10. The first kappa shape index (κ1) is 16.7. The summed E-state index contributed by atoms with van der Waals surface area (Å²) < 4.78 is 1.04. The summed E-state index contributed by atoms with van der Waals surface area (Å²) in [6, 6.07) is 2.68. The zero-order valence-corrected chi connectivity index (χ0v) is 15.4. The van der Waals surface area contributed by atoms with Gasteiger partial charge in [0, 0.05) is 54.0 Å². The zero-order chi connectivity index (χ0) is 15.6. The van der Waals surface area contributed by atoms with E-state index in [4.69, 9.17) is 4.98 Å². The van der Waals surface area contributed by atoms with Gasteiger partial charge in [0.25, 0.3) is 0 Å². The quantitative estimate of drug-likeness (QED) is 0.904. The molecule has 1 aromatic heterocycles. The van der Waals surface area contributed by atoms with Gasteiger partial charge in [-0.1, -0.05) is 0 Å². The lowest BCUT2D eigenvalue weighted by atomic mass is 10.1. The summed E-state index contributed by atoms with van der Waals surface area (Å²) in [6.45, 7) is 12.9. The highest BCUT2D eigenvalue weighted by atomic mass is 79.9. The van der Waals surface area contributed by atoms with Gasteiger partial charge < -0.3 is 15.1 Å². The minimum atomic E-state index is 0.104. The van der Waals surface area contributed by atoms with Crippen LogP contribution in [0.25, 0.3) is 0 Å². The molecule has 1 aliphatic rings. The molecule has 4 nitrogen and oxygen atoms in total. The van der Waals surface area contributed by atoms with Crippen LogP contribution in [0.2, 0.25) is 0 Å². The van der Waals surface area contributed by atoms with Gasteiger partial charge in [0.15, 0.2) is 0 Å². The molecule has 1 fully saturated rings. The number of hydrogen-bond acceptors (Lipinski definition) is 4. The van der Waals surface area contributed by atoms with Crippen LogP contribution < -0.4 is 10.2 Å². The van der Waals surface area contributed by atoms with Crippen LogP contribution in [0.5, 0.6) is 0 Å². The molecule has 1 aliphatic heterocycles. The van der Waals surface area contributed by atoms with Crippen LogP contribution in [0, 0.1) is 0 Å². The summed E-state index contributed by atoms with van der Waals surface area (Å²) >= 11 is 3.55. The number of piperazine rings is 1. The Balaban J connectivity index is 2.22. The fraction of sp³-hybridized carbons (Fsp3) is 0.688. The SMILES string of the molecule is CC1CN(C)CCN1c1ncc(Br)cc1CNC(C)(C)C. The molecule has 2 rings (SSSR count). The van der Waals surface area contributed by atoms with Gasteiger partial charge in [-0.05, 0) is 56.7 Å². The van der Waals surface area contributed by atoms with Gasteiger partial charge in [-0.3, -0.25) is 0 Å². The fourth-order valence-electron chi connectivity index (χ4n) is 2.68. The highest BCUT2D eigenvalue weighted by Crippen LogP contribution is 2.25. The molecule has 5 heteroatoms. The minimum absolute atomic E-state index is 0.104. The normalized spacial score (nSPS) is 20.9. The van der Waals surface area contributed by atoms with Crippen molar-refractivity contribution in [3.8, 4) is 0 Å². The van der Waals surface area contributed by atoms with E-state index in [1.165, 1.54) is 5.56 Å². The van der Waals surface area contributed by atoms with E-state index in [0.717, 1.165) is 36.5 Å². The molecule has 1 atom stereocenters. The molecule has 1 saturated heterocycles. The van der Waals surface area contributed by atoms with Crippen molar-refractivity contribution in [2.45, 2.75) is 45.8 Å². The molecule has 0 spiro atoms. The van der Waals surface area contributed by atoms with Crippen molar-refractivity contribution in [3.63, 3.8) is 0 Å². The number of aromatic nitrogens is 1. The number of nitrogens with zero attached hydrogens (tertiary/aromatic N) is 3. The van der Waals surface area contributed by atoms with Crippen LogP contribution in [0.4, 0.5) is 5.82 Å². The van der Waals surface area contributed by atoms with Crippen molar-refractivity contribution in [3.05, 3.63) is 22.3 Å². The lowest BCUT2D eigenvalue weighted by Gasteiger charge is -2.40. The maximum Gasteiger partial charge on any atom is 0.133 e. The Kier molecular flexibility index (Phi) is 5.28. The van der Waals surface area contributed by atoms with Crippen molar-refractivity contribution in [2.24, 2.45) is 0 Å². The lowest BCUT2D eigenvalue weighted by Crippen LogP contribution is -2.51. The van der Waals surface area contributed by atoms with E-state index in [1.807, 2.05) is 6.20 Å². The molecule has 0 amide bonds. The fourth-order valence-corrected chi connectivity index (χ4v) is 3.06. The Morgan fingerprint density at radius 3 is 2.71 bits per heavy atom. The molecule has 1 unspecified atom stereocenters. The molecule has 2 heterocycles. The van der Waals surface area contributed by atoms with Crippen LogP contribution in [-0.4, -0.2) is 48.1 Å². The second-order valence-electron chi connectivity index (χ2n) is 7.04. The predicted molar refractivity (Wildman–Crippen MR) is 92.8 cm³/mol. The van der Waals surface area contributed by atoms with Crippen molar-refractivity contribution in [1.82, 2.24) is 15.2 Å². The topological polar surface area (TPSA) is 31.4 Å². The van der Waals surface area contributed by atoms with Gasteiger partial charge in [0.1, 0.15) is 5.82 Å². The van der Waals surface area contributed by atoms with Gasteiger partial charge in [0.2, 0.25) is 0 Å². The maximum atomic E-state index is 4.70. The number of likely N-dealkylation sites (N-methyl/N-ethyl adjacent to an activating group) is 1. The van der Waals surface area contributed by atoms with Gasteiger partial charge in [-0.25, -0.2) is 4.98 Å². The van der Waals surface area contributed by atoms with Crippen molar-refractivity contribution in [1.29, 1.82) is 0 Å². The van der Waals surface area contributed by atoms with Crippen molar-refractivity contribution < 1.29 is 0 Å². The Morgan fingerprint density at radius 1 is 1.38 bits per heavy atom. The first-order chi connectivity index (χ1) is 9.76. The number of halogens is 1. The number of hydrogen-bond donors (Lipinski definition) is 1. The van der Waals surface area contributed by atoms with Crippen LogP contribution >= 0.6 is 15.9 Å². The third-order valence-corrected chi connectivity index (χ3v) is 4.25. The van der Waals surface area contributed by atoms with E-state index >= 15 is 0 Å². The third kappa shape index (κ3) is 4.66. The number of nitrogens with one attached hydrogen (secondary N) is 1. The average molecular weight is 355 g/mol. The Hall–Kier alpha value is -0.650. The van der Waals surface area contributed by atoms with Gasteiger partial charge in [-0.2, -0.15) is 0 Å². The first-order valence-electron chi connectivity index (χ1n) is 7.61. The Labute approximate surface area is 137 Å². The van der Waals surface area contributed by atoms with Gasteiger partial charge >= 0.3 is 0 Å². The number of pyridine rings is 1. The summed E-state index contributed by atoms with van der Waals surface area (Å²) in [4.78, 5) is 9.52. The van der Waals surface area contributed by atoms with E-state index in [-0.39, 0.29) is 5.54 Å². The molecule has 0 bridgehead atoms. The highest BCUT2D eigenvalue weighted by Gasteiger charge is 2.25. The zero-order valence-electron chi connectivity index (χ0n) is 13.8. The summed E-state index contributed by atoms with van der Waals surface area (Å²) in [6.07, 6.45) is 1.90. The molecule has 0 aromatic carbocycles. The Morgan fingerprint density at radius 2 is 2.10 bits per heavy atom.